The summed E-state index contributed by atoms with van der Waals surface area (Å²) in [6.07, 6.45) is 3.95. The highest BCUT2D eigenvalue weighted by Gasteiger charge is 2.37. The van der Waals surface area contributed by atoms with Crippen LogP contribution in [0.15, 0.2) is 12.4 Å². The lowest BCUT2D eigenvalue weighted by Crippen LogP contribution is -2.44. The lowest BCUT2D eigenvalue weighted by atomic mass is 9.89. The van der Waals surface area contributed by atoms with Gasteiger partial charge in [-0.3, -0.25) is 9.48 Å². The van der Waals surface area contributed by atoms with E-state index in [1.807, 2.05) is 24.1 Å². The zero-order valence-corrected chi connectivity index (χ0v) is 19.0. The van der Waals surface area contributed by atoms with Gasteiger partial charge in [0, 0.05) is 51.9 Å². The molecule has 0 aliphatic carbocycles. The first-order chi connectivity index (χ1) is 12.0. The molecule has 0 saturated carbocycles. The van der Waals surface area contributed by atoms with Crippen molar-refractivity contribution in [3.05, 3.63) is 18.0 Å². The SMILES string of the molecule is CCN(CC)CCN(CC(C)C)C(=O)[C@H]1CNC[C@@H]1c1cnn(C)c1.Cl.Cl. The Morgan fingerprint density at radius 2 is 1.93 bits per heavy atom. The standard InChI is InChI=1S/C19H35N5O.2ClH/c1-6-23(7-2)8-9-24(13-15(3)4)19(25)18-12-20-11-17(18)16-10-21-22(5)14-16;;/h10,14-15,17-18,20H,6-9,11-13H2,1-5H3;2*1H/t17-,18+;;/m1../s1. The van der Waals surface area contributed by atoms with Gasteiger partial charge in [-0.05, 0) is 24.6 Å². The van der Waals surface area contributed by atoms with Gasteiger partial charge in [-0.15, -0.1) is 24.8 Å². The third kappa shape index (κ3) is 7.26. The molecular formula is C19H37Cl2N5O. The largest absolute Gasteiger partial charge is 0.341 e. The number of carbonyl (C=O) groups excluding carboxylic acids is 1. The molecule has 1 aliphatic rings. The van der Waals surface area contributed by atoms with Gasteiger partial charge in [-0.2, -0.15) is 5.10 Å². The van der Waals surface area contributed by atoms with Crippen LogP contribution in [0.2, 0.25) is 0 Å². The van der Waals surface area contributed by atoms with E-state index in [1.54, 1.807) is 0 Å². The molecule has 1 aromatic rings. The number of halogens is 2. The van der Waals surface area contributed by atoms with Gasteiger partial charge in [0.15, 0.2) is 0 Å². The van der Waals surface area contributed by atoms with Crippen molar-refractivity contribution in [3.8, 4) is 0 Å². The molecule has 1 saturated heterocycles. The predicted molar refractivity (Wildman–Crippen MR) is 116 cm³/mol. The fraction of sp³-hybridized carbons (Fsp3) is 0.789. The average molecular weight is 422 g/mol. The number of aryl methyl sites for hydroxylation is 1. The van der Waals surface area contributed by atoms with Crippen LogP contribution in [0, 0.1) is 11.8 Å². The van der Waals surface area contributed by atoms with E-state index in [-0.39, 0.29) is 36.6 Å². The topological polar surface area (TPSA) is 53.4 Å². The van der Waals surface area contributed by atoms with Crippen molar-refractivity contribution in [3.63, 3.8) is 0 Å². The van der Waals surface area contributed by atoms with Crippen LogP contribution in [-0.4, -0.2) is 71.3 Å². The highest BCUT2D eigenvalue weighted by atomic mass is 35.5. The van der Waals surface area contributed by atoms with Crippen LogP contribution in [0.25, 0.3) is 0 Å². The van der Waals surface area contributed by atoms with Crippen LogP contribution >= 0.6 is 24.8 Å². The van der Waals surface area contributed by atoms with Crippen LogP contribution < -0.4 is 5.32 Å². The highest BCUT2D eigenvalue weighted by molar-refractivity contribution is 5.85. The summed E-state index contributed by atoms with van der Waals surface area (Å²) >= 11 is 0. The van der Waals surface area contributed by atoms with Gasteiger partial charge in [0.05, 0.1) is 12.1 Å². The van der Waals surface area contributed by atoms with E-state index in [1.165, 1.54) is 5.56 Å². The van der Waals surface area contributed by atoms with Crippen molar-refractivity contribution in [2.24, 2.45) is 18.9 Å². The number of carbonyl (C=O) groups is 1. The highest BCUT2D eigenvalue weighted by Crippen LogP contribution is 2.29. The fourth-order valence-electron chi connectivity index (χ4n) is 3.69. The molecular weight excluding hydrogens is 385 g/mol. The molecule has 6 nitrogen and oxygen atoms in total. The maximum atomic E-state index is 13.3. The number of rotatable bonds is 9. The van der Waals surface area contributed by atoms with E-state index >= 15 is 0 Å². The van der Waals surface area contributed by atoms with Crippen LogP contribution in [-0.2, 0) is 11.8 Å². The predicted octanol–water partition coefficient (Wildman–Crippen LogP) is 2.39. The molecule has 8 heteroatoms. The Morgan fingerprint density at radius 3 is 2.44 bits per heavy atom. The molecule has 2 atom stereocenters. The number of likely N-dealkylation sites (N-methyl/N-ethyl adjacent to an activating group) is 1. The lowest BCUT2D eigenvalue weighted by molar-refractivity contribution is -0.136. The van der Waals surface area contributed by atoms with Crippen molar-refractivity contribution < 1.29 is 4.79 Å². The maximum Gasteiger partial charge on any atom is 0.227 e. The number of hydrogen-bond acceptors (Lipinski definition) is 4. The first-order valence-corrected chi connectivity index (χ1v) is 9.66. The second kappa shape index (κ2) is 12.6. The zero-order chi connectivity index (χ0) is 18.4. The molecule has 0 bridgehead atoms. The van der Waals surface area contributed by atoms with Crippen LogP contribution in [0.4, 0.5) is 0 Å². The number of amides is 1. The molecule has 0 aromatic carbocycles. The van der Waals surface area contributed by atoms with Crippen LogP contribution in [0.5, 0.6) is 0 Å². The van der Waals surface area contributed by atoms with E-state index in [2.05, 4.69) is 47.9 Å². The summed E-state index contributed by atoms with van der Waals surface area (Å²) in [5.74, 6) is 1.01. The molecule has 2 heterocycles. The summed E-state index contributed by atoms with van der Waals surface area (Å²) in [6.45, 7) is 15.0. The van der Waals surface area contributed by atoms with E-state index in [4.69, 9.17) is 0 Å². The summed E-state index contributed by atoms with van der Waals surface area (Å²) < 4.78 is 1.82. The molecule has 0 unspecified atom stereocenters. The minimum absolute atomic E-state index is 0. The molecule has 1 amide bonds. The Bertz CT molecular complexity index is 548. The maximum absolute atomic E-state index is 13.3. The van der Waals surface area contributed by atoms with Gasteiger partial charge in [0.25, 0.3) is 0 Å². The summed E-state index contributed by atoms with van der Waals surface area (Å²) in [5, 5.41) is 7.70. The van der Waals surface area contributed by atoms with Gasteiger partial charge in [-0.25, -0.2) is 0 Å². The Kier molecular flexibility index (Phi) is 12.2. The molecule has 1 N–H and O–H groups in total. The molecule has 2 rings (SSSR count). The number of hydrogen-bond donors (Lipinski definition) is 1. The Hall–Kier alpha value is -0.820. The third-order valence-electron chi connectivity index (χ3n) is 5.16. The van der Waals surface area contributed by atoms with Crippen LogP contribution in [0.1, 0.15) is 39.2 Å². The fourth-order valence-corrected chi connectivity index (χ4v) is 3.69. The van der Waals surface area contributed by atoms with Crippen molar-refractivity contribution >= 4 is 30.7 Å². The Morgan fingerprint density at radius 1 is 1.26 bits per heavy atom. The molecule has 1 fully saturated rings. The second-order valence-corrected chi connectivity index (χ2v) is 7.52. The molecule has 27 heavy (non-hydrogen) atoms. The van der Waals surface area contributed by atoms with E-state index in [9.17, 15) is 4.79 Å². The van der Waals surface area contributed by atoms with Crippen molar-refractivity contribution in [1.82, 2.24) is 24.9 Å². The number of nitrogens with zero attached hydrogens (tertiary/aromatic N) is 4. The normalized spacial score (nSPS) is 19.1. The molecule has 0 spiro atoms. The van der Waals surface area contributed by atoms with Crippen molar-refractivity contribution in [2.45, 2.75) is 33.6 Å². The van der Waals surface area contributed by atoms with E-state index < -0.39 is 0 Å². The number of nitrogens with one attached hydrogen (secondary N) is 1. The monoisotopic (exact) mass is 421 g/mol. The van der Waals surface area contributed by atoms with Crippen LogP contribution in [0.3, 0.4) is 0 Å². The van der Waals surface area contributed by atoms with E-state index in [0.717, 1.165) is 45.8 Å². The zero-order valence-electron chi connectivity index (χ0n) is 17.4. The third-order valence-corrected chi connectivity index (χ3v) is 5.16. The quantitative estimate of drug-likeness (QED) is 0.664. The molecule has 1 aromatic heterocycles. The summed E-state index contributed by atoms with van der Waals surface area (Å²) in [7, 11) is 1.93. The van der Waals surface area contributed by atoms with Crippen molar-refractivity contribution in [1.29, 1.82) is 0 Å². The lowest BCUT2D eigenvalue weighted by Gasteiger charge is -2.31. The van der Waals surface area contributed by atoms with E-state index in [0.29, 0.717) is 11.8 Å². The Labute approximate surface area is 176 Å². The summed E-state index contributed by atoms with van der Waals surface area (Å²) in [4.78, 5) is 17.8. The minimum atomic E-state index is 0. The van der Waals surface area contributed by atoms with Gasteiger partial charge < -0.3 is 15.1 Å². The molecule has 0 radical (unpaired) electrons. The summed E-state index contributed by atoms with van der Waals surface area (Å²) in [6, 6.07) is 0. The minimum Gasteiger partial charge on any atom is -0.341 e. The van der Waals surface area contributed by atoms with Gasteiger partial charge in [-0.1, -0.05) is 27.7 Å². The first-order valence-electron chi connectivity index (χ1n) is 9.66. The number of aromatic nitrogens is 2. The Balaban J connectivity index is 0.00000338. The first kappa shape index (κ1) is 26.2. The van der Waals surface area contributed by atoms with Gasteiger partial charge in [0.1, 0.15) is 0 Å². The van der Waals surface area contributed by atoms with Gasteiger partial charge in [0.2, 0.25) is 5.91 Å². The smallest absolute Gasteiger partial charge is 0.227 e. The average Bonchev–Trinajstić information content (AvgIpc) is 3.22. The summed E-state index contributed by atoms with van der Waals surface area (Å²) in [5.41, 5.74) is 1.17. The second-order valence-electron chi connectivity index (χ2n) is 7.52. The molecule has 1 aliphatic heterocycles. The van der Waals surface area contributed by atoms with Crippen molar-refractivity contribution in [2.75, 3.05) is 45.8 Å². The van der Waals surface area contributed by atoms with Gasteiger partial charge >= 0.3 is 0 Å². The molecule has 158 valence electrons.